The van der Waals surface area contributed by atoms with Crippen molar-refractivity contribution in [3.63, 3.8) is 0 Å². The van der Waals surface area contributed by atoms with Gasteiger partial charge in [0.1, 0.15) is 8.65 Å². The summed E-state index contributed by atoms with van der Waals surface area (Å²) in [6.07, 6.45) is 0. The van der Waals surface area contributed by atoms with Crippen LogP contribution in [0.4, 0.5) is 8.78 Å². The summed E-state index contributed by atoms with van der Waals surface area (Å²) in [6, 6.07) is 0. The van der Waals surface area contributed by atoms with E-state index in [1.165, 1.54) is 0 Å². The predicted octanol–water partition coefficient (Wildman–Crippen LogP) is 3.32. The van der Waals surface area contributed by atoms with E-state index in [0.29, 0.717) is 0 Å². The zero-order valence-electron chi connectivity index (χ0n) is 8.63. The lowest BCUT2D eigenvalue weighted by molar-refractivity contribution is -0.153. The topological polar surface area (TPSA) is 74.6 Å². The smallest absolute Gasteiger partial charge is 0.309 e. The van der Waals surface area contributed by atoms with Crippen molar-refractivity contribution >= 4 is 75.7 Å². The highest BCUT2D eigenvalue weighted by Crippen LogP contribution is 2.76. The fourth-order valence-electron chi connectivity index (χ4n) is 2.61. The SMILES string of the molecule is O=C(O)C1C(C(=O)O)C2(Br)C(Br)=C(Br)C1(Br)C2(F)F. The Morgan fingerprint density at radius 3 is 1.42 bits per heavy atom. The number of carbonyl (C=O) groups is 2. The van der Waals surface area contributed by atoms with Crippen LogP contribution in [-0.2, 0) is 9.59 Å². The maximum atomic E-state index is 14.6. The summed E-state index contributed by atoms with van der Waals surface area (Å²) in [6.45, 7) is 0. The molecule has 2 N–H and O–H groups in total. The third-order valence-corrected chi connectivity index (χ3v) is 9.88. The molecular weight excluding hydrogens is 530 g/mol. The Hall–Kier alpha value is 0.460. The monoisotopic (exact) mass is 530 g/mol. The summed E-state index contributed by atoms with van der Waals surface area (Å²) in [5, 5.41) is 18.3. The number of fused-ring (bicyclic) bond motifs is 2. The van der Waals surface area contributed by atoms with Gasteiger partial charge in [0.15, 0.2) is 0 Å². The average Bonchev–Trinajstić information content (AvgIpc) is 2.48. The molecule has 2 aliphatic carbocycles. The summed E-state index contributed by atoms with van der Waals surface area (Å²) >= 11 is 11.4. The quantitative estimate of drug-likeness (QED) is 0.534. The minimum atomic E-state index is -3.65. The Balaban J connectivity index is 2.84. The van der Waals surface area contributed by atoms with Gasteiger partial charge in [-0.15, -0.1) is 0 Å². The molecule has 2 rings (SSSR count). The molecule has 1 saturated carbocycles. The van der Waals surface area contributed by atoms with Crippen LogP contribution >= 0.6 is 63.7 Å². The van der Waals surface area contributed by atoms with Crippen LogP contribution in [0.1, 0.15) is 0 Å². The molecule has 2 aliphatic rings. The van der Waals surface area contributed by atoms with Crippen molar-refractivity contribution in [2.24, 2.45) is 11.8 Å². The molecule has 106 valence electrons. The molecular formula is C9H4Br4F2O4. The van der Waals surface area contributed by atoms with E-state index in [4.69, 9.17) is 10.2 Å². The van der Waals surface area contributed by atoms with Crippen LogP contribution in [0.5, 0.6) is 0 Å². The molecule has 0 spiro atoms. The van der Waals surface area contributed by atoms with Gasteiger partial charge in [-0.05, 0) is 0 Å². The summed E-state index contributed by atoms with van der Waals surface area (Å²) in [5.74, 6) is -10.5. The summed E-state index contributed by atoms with van der Waals surface area (Å²) in [7, 11) is 0. The maximum Gasteiger partial charge on any atom is 0.309 e. The molecule has 10 heteroatoms. The normalized spacial score (nSPS) is 43.7. The maximum absolute atomic E-state index is 14.6. The standard InChI is InChI=1S/C9H4Br4F2O4/c10-3-4(11)8(13)2(6(18)19)1(5(16)17)7(3,12)9(8,14)15/h1-2H,(H,16,17)(H,18,19). The van der Waals surface area contributed by atoms with Crippen molar-refractivity contribution in [1.29, 1.82) is 0 Å². The highest BCUT2D eigenvalue weighted by Gasteiger charge is 2.87. The van der Waals surface area contributed by atoms with E-state index < -0.39 is 38.3 Å². The molecule has 2 bridgehead atoms. The van der Waals surface area contributed by atoms with Gasteiger partial charge >= 0.3 is 11.9 Å². The van der Waals surface area contributed by atoms with Crippen LogP contribution in [0.15, 0.2) is 8.96 Å². The van der Waals surface area contributed by atoms with E-state index in [2.05, 4.69) is 63.7 Å². The average molecular weight is 534 g/mol. The molecule has 4 atom stereocenters. The van der Waals surface area contributed by atoms with E-state index >= 15 is 0 Å². The zero-order valence-corrected chi connectivity index (χ0v) is 15.0. The van der Waals surface area contributed by atoms with Crippen molar-refractivity contribution in [3.8, 4) is 0 Å². The van der Waals surface area contributed by atoms with E-state index in [0.717, 1.165) is 0 Å². The highest BCUT2D eigenvalue weighted by molar-refractivity contribution is 9.16. The number of carboxylic acids is 2. The first-order valence-electron chi connectivity index (χ1n) is 4.73. The van der Waals surface area contributed by atoms with Crippen LogP contribution in [0.25, 0.3) is 0 Å². The number of alkyl halides is 4. The molecule has 0 aliphatic heterocycles. The molecule has 0 heterocycles. The second-order valence-electron chi connectivity index (χ2n) is 4.26. The van der Waals surface area contributed by atoms with Gasteiger partial charge in [-0.3, -0.25) is 9.59 Å². The van der Waals surface area contributed by atoms with E-state index in [1.807, 2.05) is 0 Å². The lowest BCUT2D eigenvalue weighted by Crippen LogP contribution is -2.47. The largest absolute Gasteiger partial charge is 0.481 e. The molecule has 0 saturated heterocycles. The van der Waals surface area contributed by atoms with Crippen molar-refractivity contribution in [3.05, 3.63) is 8.96 Å². The minimum Gasteiger partial charge on any atom is -0.481 e. The van der Waals surface area contributed by atoms with Crippen molar-refractivity contribution < 1.29 is 28.6 Å². The molecule has 4 nitrogen and oxygen atoms in total. The van der Waals surface area contributed by atoms with Crippen molar-refractivity contribution in [1.82, 2.24) is 0 Å². The Morgan fingerprint density at radius 2 is 1.21 bits per heavy atom. The lowest BCUT2D eigenvalue weighted by atomic mass is 9.83. The van der Waals surface area contributed by atoms with Gasteiger partial charge in [0.05, 0.1) is 11.8 Å². The van der Waals surface area contributed by atoms with Gasteiger partial charge in [0.2, 0.25) is 0 Å². The Bertz CT molecular complexity index is 492. The molecule has 0 radical (unpaired) electrons. The van der Waals surface area contributed by atoms with Gasteiger partial charge in [-0.1, -0.05) is 63.7 Å². The number of hydrogen-bond acceptors (Lipinski definition) is 2. The third-order valence-electron chi connectivity index (χ3n) is 3.47. The molecule has 0 aromatic carbocycles. The first-order valence-corrected chi connectivity index (χ1v) is 7.90. The zero-order chi connectivity index (χ0) is 15.0. The minimum absolute atomic E-state index is 0.105. The first kappa shape index (κ1) is 15.8. The van der Waals surface area contributed by atoms with Crippen LogP contribution in [0, 0.1) is 11.8 Å². The second-order valence-corrected chi connectivity index (χ2v) is 8.35. The lowest BCUT2D eigenvalue weighted by Gasteiger charge is -2.31. The van der Waals surface area contributed by atoms with Gasteiger partial charge in [0, 0.05) is 8.96 Å². The predicted molar refractivity (Wildman–Crippen MR) is 75.4 cm³/mol. The first-order chi connectivity index (χ1) is 8.45. The molecule has 0 aromatic rings. The third kappa shape index (κ3) is 1.46. The van der Waals surface area contributed by atoms with Crippen molar-refractivity contribution in [2.45, 2.75) is 14.6 Å². The molecule has 0 aromatic heterocycles. The number of carboxylic acid groups (broad SMARTS) is 2. The van der Waals surface area contributed by atoms with Crippen LogP contribution in [0.3, 0.4) is 0 Å². The Morgan fingerprint density at radius 1 is 0.947 bits per heavy atom. The van der Waals surface area contributed by atoms with Gasteiger partial charge in [-0.2, -0.15) is 0 Å². The Labute approximate surface area is 139 Å². The number of allylic oxidation sites excluding steroid dienone is 2. The van der Waals surface area contributed by atoms with E-state index in [9.17, 15) is 18.4 Å². The summed E-state index contributed by atoms with van der Waals surface area (Å²) in [5.41, 5.74) is 0. The van der Waals surface area contributed by atoms with Crippen molar-refractivity contribution in [2.75, 3.05) is 0 Å². The number of halogens is 6. The number of rotatable bonds is 2. The second kappa shape index (κ2) is 4.23. The van der Waals surface area contributed by atoms with Gasteiger partial charge in [-0.25, -0.2) is 8.78 Å². The number of hydrogen-bond donors (Lipinski definition) is 2. The number of aliphatic carboxylic acids is 2. The van der Waals surface area contributed by atoms with Crippen LogP contribution < -0.4 is 0 Å². The molecule has 19 heavy (non-hydrogen) atoms. The van der Waals surface area contributed by atoms with Gasteiger partial charge < -0.3 is 10.2 Å². The summed E-state index contributed by atoms with van der Waals surface area (Å²) in [4.78, 5) is 22.6. The van der Waals surface area contributed by atoms with Gasteiger partial charge in [0.25, 0.3) is 5.92 Å². The fraction of sp³-hybridized carbons (Fsp3) is 0.556. The van der Waals surface area contributed by atoms with E-state index in [1.54, 1.807) is 0 Å². The van der Waals surface area contributed by atoms with Crippen LogP contribution in [0.2, 0.25) is 0 Å². The van der Waals surface area contributed by atoms with Crippen LogP contribution in [-0.4, -0.2) is 36.7 Å². The van der Waals surface area contributed by atoms with E-state index in [-0.39, 0.29) is 8.96 Å². The summed E-state index contributed by atoms with van der Waals surface area (Å²) < 4.78 is 24.3. The molecule has 1 fully saturated rings. The molecule has 4 unspecified atom stereocenters. The fourth-order valence-corrected chi connectivity index (χ4v) is 6.97. The Kier molecular flexibility index (Phi) is 3.53. The highest BCUT2D eigenvalue weighted by atomic mass is 79.9. The molecule has 0 amide bonds.